The van der Waals surface area contributed by atoms with Gasteiger partial charge in [-0.25, -0.2) is 4.98 Å². The van der Waals surface area contributed by atoms with Crippen molar-refractivity contribution in [3.8, 4) is 0 Å². The van der Waals surface area contributed by atoms with Crippen molar-refractivity contribution in [2.45, 2.75) is 39.2 Å². The average Bonchev–Trinajstić information content (AvgIpc) is 2.95. The lowest BCUT2D eigenvalue weighted by Crippen LogP contribution is -2.39. The van der Waals surface area contributed by atoms with Crippen LogP contribution in [-0.4, -0.2) is 20.8 Å². The highest BCUT2D eigenvalue weighted by Crippen LogP contribution is 2.23. The maximum Gasteiger partial charge on any atom is 0.0944 e. The van der Waals surface area contributed by atoms with Crippen molar-refractivity contribution in [2.24, 2.45) is 12.9 Å². The lowest BCUT2D eigenvalue weighted by atomic mass is 10.1. The molecule has 0 saturated heterocycles. The van der Waals surface area contributed by atoms with Gasteiger partial charge in [-0.15, -0.1) is 11.3 Å². The van der Waals surface area contributed by atoms with E-state index in [1.165, 1.54) is 0 Å². The van der Waals surface area contributed by atoms with Crippen molar-refractivity contribution >= 4 is 27.3 Å². The van der Waals surface area contributed by atoms with Gasteiger partial charge in [-0.05, 0) is 29.3 Å². The predicted octanol–water partition coefficient (Wildman–Crippen LogP) is 2.13. The first-order chi connectivity index (χ1) is 9.55. The van der Waals surface area contributed by atoms with E-state index in [1.807, 2.05) is 18.7 Å². The van der Waals surface area contributed by atoms with Crippen LogP contribution in [-0.2, 0) is 26.3 Å². The molecule has 0 aliphatic carbocycles. The highest BCUT2D eigenvalue weighted by molar-refractivity contribution is 9.10. The van der Waals surface area contributed by atoms with Gasteiger partial charge >= 0.3 is 0 Å². The van der Waals surface area contributed by atoms with Crippen LogP contribution in [0.4, 0.5) is 0 Å². The third kappa shape index (κ3) is 3.46. The van der Waals surface area contributed by atoms with Crippen LogP contribution in [0.25, 0.3) is 0 Å². The summed E-state index contributed by atoms with van der Waals surface area (Å²) in [5.41, 5.74) is 6.21. The second-order valence-electron chi connectivity index (χ2n) is 4.84. The summed E-state index contributed by atoms with van der Waals surface area (Å²) in [6.07, 6.45) is 2.56. The minimum Gasteiger partial charge on any atom is -0.271 e. The molecule has 0 fully saturated rings. The minimum absolute atomic E-state index is 0.150. The molecule has 0 aliphatic heterocycles. The van der Waals surface area contributed by atoms with E-state index in [-0.39, 0.29) is 6.04 Å². The molecule has 2 heterocycles. The van der Waals surface area contributed by atoms with Crippen LogP contribution in [0.3, 0.4) is 0 Å². The lowest BCUT2D eigenvalue weighted by molar-refractivity contribution is 0.503. The summed E-state index contributed by atoms with van der Waals surface area (Å²) in [5, 5.41) is 7.69. The summed E-state index contributed by atoms with van der Waals surface area (Å²) >= 11 is 5.33. The number of nitrogens with one attached hydrogen (secondary N) is 1. The van der Waals surface area contributed by atoms with Gasteiger partial charge in [-0.3, -0.25) is 16.0 Å². The normalized spacial score (nSPS) is 12.8. The van der Waals surface area contributed by atoms with Crippen molar-refractivity contribution < 1.29 is 0 Å². The van der Waals surface area contributed by atoms with E-state index in [4.69, 9.17) is 5.84 Å². The number of rotatable bonds is 6. The maximum atomic E-state index is 5.70. The highest BCUT2D eigenvalue weighted by Gasteiger charge is 2.18. The summed E-state index contributed by atoms with van der Waals surface area (Å²) in [4.78, 5) is 4.50. The van der Waals surface area contributed by atoms with Crippen molar-refractivity contribution in [3.05, 3.63) is 31.9 Å². The van der Waals surface area contributed by atoms with Crippen molar-refractivity contribution in [2.75, 3.05) is 0 Å². The smallest absolute Gasteiger partial charge is 0.0944 e. The number of aryl methyl sites for hydroxylation is 3. The van der Waals surface area contributed by atoms with E-state index in [0.29, 0.717) is 0 Å². The van der Waals surface area contributed by atoms with E-state index in [2.05, 4.69) is 43.7 Å². The van der Waals surface area contributed by atoms with Gasteiger partial charge in [0.2, 0.25) is 0 Å². The Kier molecular flexibility index (Phi) is 5.31. The number of nitrogens with zero attached hydrogens (tertiary/aromatic N) is 3. The predicted molar refractivity (Wildman–Crippen MR) is 85.7 cm³/mol. The molecule has 1 unspecified atom stereocenters. The van der Waals surface area contributed by atoms with Gasteiger partial charge in [0.05, 0.1) is 20.9 Å². The van der Waals surface area contributed by atoms with Gasteiger partial charge in [-0.1, -0.05) is 6.92 Å². The largest absolute Gasteiger partial charge is 0.271 e. The Hall–Kier alpha value is -0.760. The number of thiazole rings is 1. The van der Waals surface area contributed by atoms with Gasteiger partial charge in [-0.2, -0.15) is 5.10 Å². The first kappa shape index (κ1) is 15.6. The Morgan fingerprint density at radius 1 is 1.50 bits per heavy atom. The van der Waals surface area contributed by atoms with Gasteiger partial charge in [0.15, 0.2) is 0 Å². The molecule has 7 heteroatoms. The fraction of sp³-hybridized carbons (Fsp3) is 0.538. The van der Waals surface area contributed by atoms with Crippen LogP contribution in [0.2, 0.25) is 0 Å². The van der Waals surface area contributed by atoms with Crippen LogP contribution in [0.5, 0.6) is 0 Å². The molecule has 0 aliphatic rings. The average molecular weight is 358 g/mol. The Labute approximate surface area is 131 Å². The zero-order valence-electron chi connectivity index (χ0n) is 12.0. The van der Waals surface area contributed by atoms with Crippen molar-refractivity contribution in [3.63, 3.8) is 0 Å². The fourth-order valence-corrected chi connectivity index (χ4v) is 3.80. The lowest BCUT2D eigenvalue weighted by Gasteiger charge is -2.15. The zero-order chi connectivity index (χ0) is 14.7. The van der Waals surface area contributed by atoms with E-state index < -0.39 is 0 Å². The highest BCUT2D eigenvalue weighted by atomic mass is 79.9. The first-order valence-electron chi connectivity index (χ1n) is 6.62. The number of nitrogens with two attached hydrogens (primary N) is 1. The number of hydrogen-bond acceptors (Lipinski definition) is 5. The molecule has 0 saturated carbocycles. The Morgan fingerprint density at radius 3 is 2.75 bits per heavy atom. The van der Waals surface area contributed by atoms with Crippen LogP contribution >= 0.6 is 27.3 Å². The van der Waals surface area contributed by atoms with E-state index in [9.17, 15) is 0 Å². The molecule has 5 nitrogen and oxygen atoms in total. The van der Waals surface area contributed by atoms with Crippen molar-refractivity contribution in [1.82, 2.24) is 20.2 Å². The molecule has 2 aromatic heterocycles. The fourth-order valence-electron chi connectivity index (χ4n) is 2.17. The molecule has 0 spiro atoms. The Bertz CT molecular complexity index is 577. The third-order valence-corrected chi connectivity index (χ3v) is 5.17. The van der Waals surface area contributed by atoms with Gasteiger partial charge in [0.25, 0.3) is 0 Å². The zero-order valence-corrected chi connectivity index (χ0v) is 14.4. The number of aromatic nitrogens is 3. The topological polar surface area (TPSA) is 68.8 Å². The minimum atomic E-state index is 0.150. The molecule has 0 aromatic carbocycles. The monoisotopic (exact) mass is 357 g/mol. The van der Waals surface area contributed by atoms with Crippen LogP contribution in [0, 0.1) is 6.92 Å². The van der Waals surface area contributed by atoms with Crippen LogP contribution in [0.1, 0.15) is 29.0 Å². The summed E-state index contributed by atoms with van der Waals surface area (Å²) in [5.74, 6) is 5.70. The maximum absolute atomic E-state index is 5.70. The molecule has 0 radical (unpaired) electrons. The molecule has 1 atom stereocenters. The standard InChI is InChI=1S/C13H20BrN5S/c1-4-10-13(14)11(19(3)18-10)5-9(17-15)6-12-16-8(2)7-20-12/h7,9,17H,4-6,15H2,1-3H3. The molecular weight excluding hydrogens is 338 g/mol. The Balaban J connectivity index is 2.12. The summed E-state index contributed by atoms with van der Waals surface area (Å²) in [6.45, 7) is 4.12. The summed E-state index contributed by atoms with van der Waals surface area (Å²) < 4.78 is 3.03. The van der Waals surface area contributed by atoms with Crippen LogP contribution in [0.15, 0.2) is 9.85 Å². The molecule has 2 rings (SSSR count). The molecule has 0 bridgehead atoms. The van der Waals surface area contributed by atoms with Crippen LogP contribution < -0.4 is 11.3 Å². The van der Waals surface area contributed by atoms with E-state index in [1.54, 1.807) is 11.3 Å². The molecule has 0 amide bonds. The Morgan fingerprint density at radius 2 is 2.25 bits per heavy atom. The second-order valence-corrected chi connectivity index (χ2v) is 6.57. The molecular formula is C13H20BrN5S. The SMILES string of the molecule is CCc1nn(C)c(CC(Cc2nc(C)cs2)NN)c1Br. The number of hydrogen-bond donors (Lipinski definition) is 2. The van der Waals surface area contributed by atoms with Gasteiger partial charge in [0.1, 0.15) is 0 Å². The first-order valence-corrected chi connectivity index (χ1v) is 8.29. The summed E-state index contributed by atoms with van der Waals surface area (Å²) in [7, 11) is 1.97. The van der Waals surface area contributed by atoms with Crippen molar-refractivity contribution in [1.29, 1.82) is 0 Å². The quantitative estimate of drug-likeness (QED) is 0.613. The second kappa shape index (κ2) is 6.80. The van der Waals surface area contributed by atoms with Gasteiger partial charge < -0.3 is 0 Å². The molecule has 3 N–H and O–H groups in total. The molecule has 2 aromatic rings. The van der Waals surface area contributed by atoms with Gasteiger partial charge in [0, 0.05) is 37.0 Å². The van der Waals surface area contributed by atoms with E-state index >= 15 is 0 Å². The molecule has 20 heavy (non-hydrogen) atoms. The number of hydrazine groups is 1. The molecule has 110 valence electrons. The van der Waals surface area contributed by atoms with E-state index in [0.717, 1.165) is 45.8 Å². The summed E-state index contributed by atoms with van der Waals surface area (Å²) in [6, 6.07) is 0.150. The number of halogens is 1. The third-order valence-electron chi connectivity index (χ3n) is 3.27.